The molecule has 0 saturated heterocycles. The Morgan fingerprint density at radius 1 is 0.600 bits per heavy atom. The first-order chi connectivity index (χ1) is 19.9. The first-order valence-corrected chi connectivity index (χ1v) is 14.4. The quantitative estimate of drug-likeness (QED) is 0.237. The van der Waals surface area contributed by atoms with Crippen LogP contribution in [-0.4, -0.2) is 10.3 Å². The highest BCUT2D eigenvalue weighted by atomic mass is 32.1. The summed E-state index contributed by atoms with van der Waals surface area (Å²) in [6, 6.07) is 45.5. The maximum Gasteiger partial charge on any atom is 0.201 e. The zero-order chi connectivity index (χ0) is 26.2. The summed E-state index contributed by atoms with van der Waals surface area (Å²) in [5.74, 6) is 0. The topological polar surface area (TPSA) is 29.3 Å². The molecule has 188 valence electrons. The van der Waals surface area contributed by atoms with Crippen LogP contribution >= 0.6 is 11.3 Å². The first kappa shape index (κ1) is 21.9. The summed E-state index contributed by atoms with van der Waals surface area (Å²) in [7, 11) is 0. The van der Waals surface area contributed by atoms with Crippen molar-refractivity contribution in [2.24, 2.45) is 4.99 Å². The van der Waals surface area contributed by atoms with Gasteiger partial charge in [-0.25, -0.2) is 4.99 Å². The Kier molecular flexibility index (Phi) is 4.54. The third-order valence-electron chi connectivity index (χ3n) is 8.20. The number of hydrogen-bond acceptors (Lipinski definition) is 3. The molecule has 0 spiro atoms. The molecular weight excluding hydrogens is 506 g/mol. The molecule has 0 bridgehead atoms. The van der Waals surface area contributed by atoms with E-state index in [2.05, 4.69) is 137 Å². The van der Waals surface area contributed by atoms with Crippen LogP contribution in [0.4, 0.5) is 5.69 Å². The van der Waals surface area contributed by atoms with Crippen molar-refractivity contribution in [1.82, 2.24) is 4.57 Å². The van der Waals surface area contributed by atoms with Crippen molar-refractivity contribution in [1.29, 1.82) is 0 Å². The zero-order valence-electron chi connectivity index (χ0n) is 21.5. The first-order valence-electron chi connectivity index (χ1n) is 13.6. The number of aromatic nitrogens is 1. The molecular formula is C36H23N3S. The summed E-state index contributed by atoms with van der Waals surface area (Å²) >= 11 is 1.89. The minimum atomic E-state index is -0.304. The molecule has 1 atom stereocenters. The molecule has 3 nitrogen and oxygen atoms in total. The molecule has 3 heterocycles. The highest BCUT2D eigenvalue weighted by Gasteiger charge is 2.28. The van der Waals surface area contributed by atoms with Crippen LogP contribution in [0.5, 0.6) is 0 Å². The van der Waals surface area contributed by atoms with Crippen LogP contribution < -0.4 is 5.32 Å². The summed E-state index contributed by atoms with van der Waals surface area (Å²) in [6.45, 7) is 0. The molecule has 0 saturated carbocycles. The van der Waals surface area contributed by atoms with Crippen LogP contribution in [0, 0.1) is 0 Å². The summed E-state index contributed by atoms with van der Waals surface area (Å²) in [4.78, 5) is 5.45. The monoisotopic (exact) mass is 529 g/mol. The Bertz CT molecular complexity index is 2310. The molecule has 6 aromatic carbocycles. The number of anilines is 1. The third-order valence-corrected chi connectivity index (χ3v) is 9.37. The Labute approximate surface area is 234 Å². The molecule has 40 heavy (non-hydrogen) atoms. The average Bonchev–Trinajstić information content (AvgIpc) is 3.58. The summed E-state index contributed by atoms with van der Waals surface area (Å²) in [6.07, 6.45) is -0.304. The highest BCUT2D eigenvalue weighted by molar-refractivity contribution is 7.27. The molecule has 0 fully saturated rings. The Morgan fingerprint density at radius 2 is 1.25 bits per heavy atom. The van der Waals surface area contributed by atoms with Gasteiger partial charge in [-0.3, -0.25) is 4.57 Å². The third kappa shape index (κ3) is 2.97. The predicted molar refractivity (Wildman–Crippen MR) is 171 cm³/mol. The van der Waals surface area contributed by atoms with Crippen molar-refractivity contribution < 1.29 is 0 Å². The van der Waals surface area contributed by atoms with Gasteiger partial charge in [0.1, 0.15) is 0 Å². The van der Waals surface area contributed by atoms with E-state index in [1.54, 1.807) is 0 Å². The van der Waals surface area contributed by atoms with E-state index >= 15 is 0 Å². The number of thiophene rings is 1. The van der Waals surface area contributed by atoms with Gasteiger partial charge < -0.3 is 5.32 Å². The van der Waals surface area contributed by atoms with Crippen molar-refractivity contribution in [2.45, 2.75) is 6.29 Å². The van der Waals surface area contributed by atoms with Gasteiger partial charge in [0.2, 0.25) is 6.29 Å². The lowest BCUT2D eigenvalue weighted by Crippen LogP contribution is -2.24. The van der Waals surface area contributed by atoms with Crippen LogP contribution in [0.25, 0.3) is 52.8 Å². The molecule has 0 radical (unpaired) electrons. The van der Waals surface area contributed by atoms with Crippen LogP contribution in [0.3, 0.4) is 0 Å². The Balaban J connectivity index is 1.47. The highest BCUT2D eigenvalue weighted by Crippen LogP contribution is 2.48. The lowest BCUT2D eigenvalue weighted by Gasteiger charge is -2.28. The number of rotatable bonds is 2. The number of nitrogens with one attached hydrogen (secondary N) is 1. The minimum absolute atomic E-state index is 0.304. The second-order valence-corrected chi connectivity index (χ2v) is 11.4. The number of benzene rings is 6. The average molecular weight is 530 g/mol. The van der Waals surface area contributed by atoms with Gasteiger partial charge >= 0.3 is 0 Å². The van der Waals surface area contributed by atoms with Gasteiger partial charge in [-0.2, -0.15) is 0 Å². The molecule has 9 rings (SSSR count). The number of hydrogen-bond donors (Lipinski definition) is 1. The van der Waals surface area contributed by atoms with E-state index in [-0.39, 0.29) is 6.29 Å². The molecule has 8 aromatic rings. The fourth-order valence-corrected chi connectivity index (χ4v) is 7.80. The minimum Gasteiger partial charge on any atom is -0.346 e. The van der Waals surface area contributed by atoms with Gasteiger partial charge in [0, 0.05) is 43.1 Å². The van der Waals surface area contributed by atoms with Crippen molar-refractivity contribution in [3.63, 3.8) is 0 Å². The van der Waals surface area contributed by atoms with Gasteiger partial charge in [-0.15, -0.1) is 11.3 Å². The van der Waals surface area contributed by atoms with Crippen molar-refractivity contribution in [2.75, 3.05) is 5.32 Å². The second kappa shape index (κ2) is 8.28. The van der Waals surface area contributed by atoms with Crippen LogP contribution in [0.15, 0.2) is 132 Å². The number of para-hydroxylation sites is 2. The maximum atomic E-state index is 5.45. The number of fused-ring (bicyclic) bond motifs is 11. The van der Waals surface area contributed by atoms with E-state index in [1.165, 1.54) is 52.8 Å². The lowest BCUT2D eigenvalue weighted by molar-refractivity contribution is 0.626. The van der Waals surface area contributed by atoms with Crippen molar-refractivity contribution >= 4 is 75.5 Å². The van der Waals surface area contributed by atoms with Gasteiger partial charge in [-0.05, 0) is 29.0 Å². The van der Waals surface area contributed by atoms with Gasteiger partial charge in [0.25, 0.3) is 0 Å². The predicted octanol–water partition coefficient (Wildman–Crippen LogP) is 9.73. The van der Waals surface area contributed by atoms with E-state index in [9.17, 15) is 0 Å². The Hall–Kier alpha value is -4.93. The van der Waals surface area contributed by atoms with Crippen LogP contribution in [0.2, 0.25) is 0 Å². The summed E-state index contributed by atoms with van der Waals surface area (Å²) in [5, 5.41) is 11.6. The largest absolute Gasteiger partial charge is 0.346 e. The van der Waals surface area contributed by atoms with E-state index in [0.29, 0.717) is 0 Å². The molecule has 4 heteroatoms. The zero-order valence-corrected chi connectivity index (χ0v) is 22.3. The van der Waals surface area contributed by atoms with Gasteiger partial charge in [-0.1, -0.05) is 109 Å². The van der Waals surface area contributed by atoms with Crippen molar-refractivity contribution in [3.8, 4) is 0 Å². The fraction of sp³-hybridized carbons (Fsp3) is 0.0278. The van der Waals surface area contributed by atoms with Gasteiger partial charge in [0.15, 0.2) is 0 Å². The summed E-state index contributed by atoms with van der Waals surface area (Å²) < 4.78 is 5.05. The Morgan fingerprint density at radius 3 is 2.10 bits per heavy atom. The van der Waals surface area contributed by atoms with Crippen molar-refractivity contribution in [3.05, 3.63) is 139 Å². The van der Waals surface area contributed by atoms with Crippen LogP contribution in [0.1, 0.15) is 17.4 Å². The van der Waals surface area contributed by atoms with E-state index < -0.39 is 0 Å². The van der Waals surface area contributed by atoms with E-state index in [4.69, 9.17) is 4.99 Å². The molecule has 1 aliphatic heterocycles. The lowest BCUT2D eigenvalue weighted by atomic mass is 9.99. The standard InChI is InChI=1S/C36H23N3S/c1-2-12-22(13-3-1)33-25-16-6-9-19-28(25)37-36(38-33)39-29-20-10-7-17-26(29)31-23-14-4-5-15-24(23)32-27-18-8-11-21-30(27)40-35(32)34(31)39/h1-21,36-37H. The number of aliphatic imine (C=N–C) groups is 1. The smallest absolute Gasteiger partial charge is 0.201 e. The van der Waals surface area contributed by atoms with Gasteiger partial charge in [0.05, 0.1) is 21.4 Å². The fourth-order valence-electron chi connectivity index (χ4n) is 6.54. The molecule has 1 N–H and O–H groups in total. The number of nitrogens with zero attached hydrogens (tertiary/aromatic N) is 2. The molecule has 1 unspecified atom stereocenters. The molecule has 0 amide bonds. The molecule has 0 aliphatic carbocycles. The SMILES string of the molecule is c1ccc(C2=NC(n3c4ccccc4c4c5ccccc5c5c6ccccc6sc5c43)Nc3ccccc32)cc1. The molecule has 1 aliphatic rings. The molecule has 2 aromatic heterocycles. The normalized spacial score (nSPS) is 15.1. The second-order valence-electron chi connectivity index (χ2n) is 10.4. The van der Waals surface area contributed by atoms with E-state index in [1.807, 2.05) is 11.3 Å². The summed E-state index contributed by atoms with van der Waals surface area (Å²) in [5.41, 5.74) is 6.78. The maximum absolute atomic E-state index is 5.45. The van der Waals surface area contributed by atoms with E-state index in [0.717, 1.165) is 22.5 Å². The van der Waals surface area contributed by atoms with Crippen LogP contribution in [-0.2, 0) is 0 Å².